The van der Waals surface area contributed by atoms with Gasteiger partial charge in [0.15, 0.2) is 0 Å². The molecule has 0 fully saturated rings. The van der Waals surface area contributed by atoms with Crippen LogP contribution in [0.4, 0.5) is 0 Å². The first-order valence-corrected chi connectivity index (χ1v) is 6.92. The quantitative estimate of drug-likeness (QED) is 0.909. The number of ether oxygens (including phenoxy) is 1. The van der Waals surface area contributed by atoms with Crippen molar-refractivity contribution in [1.82, 2.24) is 4.90 Å². The van der Waals surface area contributed by atoms with Crippen LogP contribution < -0.4 is 10.5 Å². The van der Waals surface area contributed by atoms with Gasteiger partial charge in [0.05, 0.1) is 12.6 Å². The van der Waals surface area contributed by atoms with Crippen LogP contribution in [-0.2, 0) is 4.79 Å². The van der Waals surface area contributed by atoms with Gasteiger partial charge in [-0.25, -0.2) is 0 Å². The summed E-state index contributed by atoms with van der Waals surface area (Å²) >= 11 is 0. The summed E-state index contributed by atoms with van der Waals surface area (Å²) in [6.07, 6.45) is 0. The van der Waals surface area contributed by atoms with E-state index in [1.165, 1.54) is 5.56 Å². The number of hydrogen-bond acceptors (Lipinski definition) is 3. The molecule has 0 radical (unpaired) electrons. The molecular formula is C16H27ClN2O2. The SMILES string of the molecule is Cc1ccc(OCCN(C)C(=O)[C@@H](N)C(C)(C)C)cc1.Cl. The van der Waals surface area contributed by atoms with Crippen LogP contribution in [0, 0.1) is 12.3 Å². The Bertz CT molecular complexity index is 441. The molecule has 1 rings (SSSR count). The van der Waals surface area contributed by atoms with Crippen LogP contribution in [0.1, 0.15) is 26.3 Å². The Kier molecular flexibility index (Phi) is 7.75. The Morgan fingerprint density at radius 1 is 1.29 bits per heavy atom. The fourth-order valence-electron chi connectivity index (χ4n) is 1.65. The highest BCUT2D eigenvalue weighted by molar-refractivity contribution is 5.85. The highest BCUT2D eigenvalue weighted by Crippen LogP contribution is 2.18. The minimum absolute atomic E-state index is 0. The first-order chi connectivity index (χ1) is 9.21. The molecule has 0 spiro atoms. The van der Waals surface area contributed by atoms with E-state index in [4.69, 9.17) is 10.5 Å². The van der Waals surface area contributed by atoms with E-state index in [1.54, 1.807) is 11.9 Å². The van der Waals surface area contributed by atoms with Crippen molar-refractivity contribution < 1.29 is 9.53 Å². The number of amides is 1. The lowest BCUT2D eigenvalue weighted by Gasteiger charge is -2.29. The van der Waals surface area contributed by atoms with E-state index in [1.807, 2.05) is 52.0 Å². The molecule has 0 saturated heterocycles. The summed E-state index contributed by atoms with van der Waals surface area (Å²) in [6.45, 7) is 8.91. The summed E-state index contributed by atoms with van der Waals surface area (Å²) in [4.78, 5) is 13.8. The van der Waals surface area contributed by atoms with Crippen molar-refractivity contribution >= 4 is 18.3 Å². The van der Waals surface area contributed by atoms with Crippen LogP contribution in [0.25, 0.3) is 0 Å². The number of carbonyl (C=O) groups excluding carboxylic acids is 1. The molecular weight excluding hydrogens is 288 g/mol. The van der Waals surface area contributed by atoms with Gasteiger partial charge in [-0.2, -0.15) is 0 Å². The zero-order valence-electron chi connectivity index (χ0n) is 13.6. The van der Waals surface area contributed by atoms with Crippen molar-refractivity contribution in [3.63, 3.8) is 0 Å². The zero-order valence-corrected chi connectivity index (χ0v) is 14.4. The fraction of sp³-hybridized carbons (Fsp3) is 0.562. The molecule has 120 valence electrons. The van der Waals surface area contributed by atoms with Gasteiger partial charge in [0.1, 0.15) is 12.4 Å². The van der Waals surface area contributed by atoms with E-state index >= 15 is 0 Å². The van der Waals surface area contributed by atoms with Crippen LogP contribution >= 0.6 is 12.4 Å². The average molecular weight is 315 g/mol. The molecule has 0 aliphatic heterocycles. The second-order valence-corrected chi connectivity index (χ2v) is 6.27. The lowest BCUT2D eigenvalue weighted by Crippen LogP contribution is -2.49. The maximum absolute atomic E-state index is 12.1. The molecule has 0 heterocycles. The van der Waals surface area contributed by atoms with E-state index in [9.17, 15) is 4.79 Å². The summed E-state index contributed by atoms with van der Waals surface area (Å²) < 4.78 is 5.61. The van der Waals surface area contributed by atoms with Crippen LogP contribution in [0.2, 0.25) is 0 Å². The van der Waals surface area contributed by atoms with E-state index < -0.39 is 6.04 Å². The molecule has 5 heteroatoms. The lowest BCUT2D eigenvalue weighted by atomic mass is 9.86. The number of rotatable bonds is 5. The van der Waals surface area contributed by atoms with Gasteiger partial charge >= 0.3 is 0 Å². The molecule has 0 unspecified atom stereocenters. The third kappa shape index (κ3) is 6.36. The van der Waals surface area contributed by atoms with Gasteiger partial charge in [0.25, 0.3) is 0 Å². The summed E-state index contributed by atoms with van der Waals surface area (Å²) in [7, 11) is 1.76. The smallest absolute Gasteiger partial charge is 0.239 e. The lowest BCUT2D eigenvalue weighted by molar-refractivity contribution is -0.133. The first-order valence-electron chi connectivity index (χ1n) is 6.92. The monoisotopic (exact) mass is 314 g/mol. The van der Waals surface area contributed by atoms with E-state index in [-0.39, 0.29) is 23.7 Å². The zero-order chi connectivity index (χ0) is 15.3. The molecule has 0 aromatic heterocycles. The predicted octanol–water partition coefficient (Wildman–Crippen LogP) is 2.63. The third-order valence-electron chi connectivity index (χ3n) is 3.29. The van der Waals surface area contributed by atoms with Gasteiger partial charge in [0.2, 0.25) is 5.91 Å². The number of carbonyl (C=O) groups is 1. The Morgan fingerprint density at radius 3 is 2.29 bits per heavy atom. The first kappa shape index (κ1) is 19.7. The summed E-state index contributed by atoms with van der Waals surface area (Å²) in [6, 6.07) is 7.36. The van der Waals surface area contributed by atoms with Crippen LogP contribution in [0.15, 0.2) is 24.3 Å². The number of nitrogens with zero attached hydrogens (tertiary/aromatic N) is 1. The average Bonchev–Trinajstić information content (AvgIpc) is 2.38. The number of halogens is 1. The third-order valence-corrected chi connectivity index (χ3v) is 3.29. The molecule has 1 aromatic carbocycles. The Balaban J connectivity index is 0.00000400. The molecule has 0 saturated carbocycles. The predicted molar refractivity (Wildman–Crippen MR) is 89.0 cm³/mol. The van der Waals surface area contributed by atoms with Gasteiger partial charge in [-0.15, -0.1) is 12.4 Å². The van der Waals surface area contributed by atoms with Gasteiger partial charge in [0, 0.05) is 7.05 Å². The van der Waals surface area contributed by atoms with Gasteiger partial charge in [-0.3, -0.25) is 4.79 Å². The van der Waals surface area contributed by atoms with E-state index in [0.717, 1.165) is 5.75 Å². The molecule has 0 aliphatic carbocycles. The Morgan fingerprint density at radius 2 is 1.81 bits per heavy atom. The van der Waals surface area contributed by atoms with Crippen molar-refractivity contribution in [1.29, 1.82) is 0 Å². The summed E-state index contributed by atoms with van der Waals surface area (Å²) in [5.41, 5.74) is 6.92. The number of benzene rings is 1. The molecule has 21 heavy (non-hydrogen) atoms. The second-order valence-electron chi connectivity index (χ2n) is 6.27. The number of likely N-dealkylation sites (N-methyl/N-ethyl adjacent to an activating group) is 1. The van der Waals surface area contributed by atoms with Crippen molar-refractivity contribution in [2.24, 2.45) is 11.1 Å². The fourth-order valence-corrected chi connectivity index (χ4v) is 1.65. The minimum atomic E-state index is -0.494. The maximum Gasteiger partial charge on any atom is 0.239 e. The minimum Gasteiger partial charge on any atom is -0.492 e. The van der Waals surface area contributed by atoms with Crippen LogP contribution in [0.3, 0.4) is 0 Å². The van der Waals surface area contributed by atoms with Crippen molar-refractivity contribution in [3.8, 4) is 5.75 Å². The van der Waals surface area contributed by atoms with Crippen molar-refractivity contribution in [2.75, 3.05) is 20.2 Å². The van der Waals surface area contributed by atoms with Crippen LogP contribution in [-0.4, -0.2) is 37.0 Å². The molecule has 0 bridgehead atoms. The number of hydrogen-bond donors (Lipinski definition) is 1. The Labute approximate surface area is 134 Å². The summed E-state index contributed by atoms with van der Waals surface area (Å²) in [5, 5.41) is 0. The van der Waals surface area contributed by atoms with Crippen molar-refractivity contribution in [2.45, 2.75) is 33.7 Å². The highest BCUT2D eigenvalue weighted by Gasteiger charge is 2.29. The summed E-state index contributed by atoms with van der Waals surface area (Å²) in [5.74, 6) is 0.765. The number of nitrogens with two attached hydrogens (primary N) is 1. The van der Waals surface area contributed by atoms with Crippen LogP contribution in [0.5, 0.6) is 5.75 Å². The van der Waals surface area contributed by atoms with Gasteiger partial charge < -0.3 is 15.4 Å². The van der Waals surface area contributed by atoms with Gasteiger partial charge in [-0.05, 0) is 24.5 Å². The topological polar surface area (TPSA) is 55.6 Å². The maximum atomic E-state index is 12.1. The standard InChI is InChI=1S/C16H26N2O2.ClH/c1-12-6-8-13(9-7-12)20-11-10-18(5)15(19)14(17)16(2,3)4;/h6-9,14H,10-11,17H2,1-5H3;1H/t14-;/m1./s1. The van der Waals surface area contributed by atoms with Gasteiger partial charge in [-0.1, -0.05) is 38.5 Å². The molecule has 0 aliphatic rings. The Hall–Kier alpha value is -1.26. The molecule has 4 nitrogen and oxygen atoms in total. The molecule has 2 N–H and O–H groups in total. The van der Waals surface area contributed by atoms with E-state index in [2.05, 4.69) is 0 Å². The second kappa shape index (κ2) is 8.25. The van der Waals surface area contributed by atoms with Crippen molar-refractivity contribution in [3.05, 3.63) is 29.8 Å². The highest BCUT2D eigenvalue weighted by atomic mass is 35.5. The largest absolute Gasteiger partial charge is 0.492 e. The van der Waals surface area contributed by atoms with E-state index in [0.29, 0.717) is 13.2 Å². The molecule has 1 atom stereocenters. The number of aryl methyl sites for hydroxylation is 1. The normalized spacial score (nSPS) is 12.3. The molecule has 1 amide bonds. The molecule has 1 aromatic rings.